The SMILES string of the molecule is C[C@H](Sc1ncnc2sc(-c3ccccc3)cc12)C(=O)Nc1ccc(F)cc1. The topological polar surface area (TPSA) is 54.9 Å². The highest BCUT2D eigenvalue weighted by Gasteiger charge is 2.18. The zero-order valence-electron chi connectivity index (χ0n) is 14.9. The van der Waals surface area contributed by atoms with E-state index in [1.54, 1.807) is 23.5 Å². The van der Waals surface area contributed by atoms with Crippen LogP contribution >= 0.6 is 23.1 Å². The van der Waals surface area contributed by atoms with Gasteiger partial charge in [-0.3, -0.25) is 4.79 Å². The summed E-state index contributed by atoms with van der Waals surface area (Å²) >= 11 is 2.99. The Morgan fingerprint density at radius 3 is 2.61 bits per heavy atom. The zero-order valence-corrected chi connectivity index (χ0v) is 16.6. The minimum absolute atomic E-state index is 0.165. The summed E-state index contributed by atoms with van der Waals surface area (Å²) in [6.45, 7) is 1.82. The van der Waals surface area contributed by atoms with Crippen molar-refractivity contribution >= 4 is 44.9 Å². The highest BCUT2D eigenvalue weighted by molar-refractivity contribution is 8.00. The Bertz CT molecular complexity index is 1110. The quantitative estimate of drug-likeness (QED) is 0.343. The number of thiophene rings is 1. The smallest absolute Gasteiger partial charge is 0.237 e. The molecule has 0 aliphatic heterocycles. The molecule has 1 N–H and O–H groups in total. The summed E-state index contributed by atoms with van der Waals surface area (Å²) in [6.07, 6.45) is 1.53. The summed E-state index contributed by atoms with van der Waals surface area (Å²) in [7, 11) is 0. The van der Waals surface area contributed by atoms with Crippen LogP contribution in [0, 0.1) is 5.82 Å². The average molecular weight is 410 g/mol. The summed E-state index contributed by atoms with van der Waals surface area (Å²) in [6, 6.07) is 17.9. The second-order valence-corrected chi connectivity index (χ2v) is 8.49. The van der Waals surface area contributed by atoms with Crippen molar-refractivity contribution < 1.29 is 9.18 Å². The molecule has 0 saturated heterocycles. The van der Waals surface area contributed by atoms with E-state index >= 15 is 0 Å². The Morgan fingerprint density at radius 1 is 1.11 bits per heavy atom. The molecular formula is C21H16FN3OS2. The number of fused-ring (bicyclic) bond motifs is 1. The average Bonchev–Trinajstić information content (AvgIpc) is 3.16. The van der Waals surface area contributed by atoms with Crippen LogP contribution in [0.15, 0.2) is 72.0 Å². The molecule has 0 bridgehead atoms. The standard InChI is InChI=1S/C21H16FN3OS2/c1-13(19(26)25-16-9-7-15(22)8-10-16)27-20-17-11-18(14-5-3-2-4-6-14)28-21(17)24-12-23-20/h2-13H,1H3,(H,25,26)/t13-/m0/s1. The Morgan fingerprint density at radius 2 is 1.86 bits per heavy atom. The van der Waals surface area contributed by atoms with Crippen molar-refractivity contribution in [3.05, 3.63) is 72.8 Å². The molecule has 4 nitrogen and oxygen atoms in total. The number of rotatable bonds is 5. The first-order valence-corrected chi connectivity index (χ1v) is 10.3. The van der Waals surface area contributed by atoms with Gasteiger partial charge in [0.05, 0.1) is 5.25 Å². The van der Waals surface area contributed by atoms with E-state index in [2.05, 4.69) is 33.5 Å². The van der Waals surface area contributed by atoms with Crippen LogP contribution in [0.2, 0.25) is 0 Å². The van der Waals surface area contributed by atoms with Gasteiger partial charge >= 0.3 is 0 Å². The molecule has 0 unspecified atom stereocenters. The van der Waals surface area contributed by atoms with Crippen LogP contribution in [0.25, 0.3) is 20.7 Å². The van der Waals surface area contributed by atoms with Crippen molar-refractivity contribution in [1.29, 1.82) is 0 Å². The number of hydrogen-bond donors (Lipinski definition) is 1. The second kappa shape index (κ2) is 8.08. The van der Waals surface area contributed by atoms with Gasteiger partial charge in [0.2, 0.25) is 5.91 Å². The lowest BCUT2D eigenvalue weighted by atomic mass is 10.2. The van der Waals surface area contributed by atoms with Gasteiger partial charge in [0.15, 0.2) is 0 Å². The van der Waals surface area contributed by atoms with E-state index in [4.69, 9.17) is 0 Å². The van der Waals surface area contributed by atoms with Crippen molar-refractivity contribution in [2.24, 2.45) is 0 Å². The van der Waals surface area contributed by atoms with Crippen LogP contribution in [0.5, 0.6) is 0 Å². The van der Waals surface area contributed by atoms with E-state index in [0.717, 1.165) is 25.7 Å². The first kappa shape index (κ1) is 18.6. The van der Waals surface area contributed by atoms with Crippen molar-refractivity contribution in [3.8, 4) is 10.4 Å². The van der Waals surface area contributed by atoms with E-state index in [1.165, 1.54) is 30.2 Å². The molecular weight excluding hydrogens is 393 g/mol. The molecule has 1 atom stereocenters. The molecule has 0 aliphatic rings. The van der Waals surface area contributed by atoms with E-state index in [-0.39, 0.29) is 17.0 Å². The molecule has 0 saturated carbocycles. The lowest BCUT2D eigenvalue weighted by Crippen LogP contribution is -2.22. The Kier molecular flexibility index (Phi) is 5.36. The molecule has 0 spiro atoms. The lowest BCUT2D eigenvalue weighted by molar-refractivity contribution is -0.115. The van der Waals surface area contributed by atoms with E-state index in [9.17, 15) is 9.18 Å². The lowest BCUT2D eigenvalue weighted by Gasteiger charge is -2.12. The monoisotopic (exact) mass is 409 g/mol. The first-order valence-electron chi connectivity index (χ1n) is 8.63. The van der Waals surface area contributed by atoms with E-state index in [0.29, 0.717) is 5.69 Å². The van der Waals surface area contributed by atoms with E-state index in [1.807, 2.05) is 25.1 Å². The molecule has 1 amide bonds. The fraction of sp³-hybridized carbons (Fsp3) is 0.0952. The third kappa shape index (κ3) is 4.05. The van der Waals surface area contributed by atoms with Gasteiger partial charge in [0.1, 0.15) is 22.0 Å². The molecule has 0 aliphatic carbocycles. The number of carbonyl (C=O) groups is 1. The number of halogens is 1. The molecule has 7 heteroatoms. The maximum Gasteiger partial charge on any atom is 0.237 e. The molecule has 28 heavy (non-hydrogen) atoms. The molecule has 2 heterocycles. The number of thioether (sulfide) groups is 1. The van der Waals surface area contributed by atoms with E-state index < -0.39 is 0 Å². The van der Waals surface area contributed by atoms with Crippen molar-refractivity contribution in [3.63, 3.8) is 0 Å². The molecule has 4 aromatic rings. The minimum Gasteiger partial charge on any atom is -0.325 e. The van der Waals surface area contributed by atoms with Crippen LogP contribution in [0.4, 0.5) is 10.1 Å². The summed E-state index contributed by atoms with van der Waals surface area (Å²) in [5.74, 6) is -0.502. The summed E-state index contributed by atoms with van der Waals surface area (Å²) < 4.78 is 13.0. The molecule has 2 aromatic carbocycles. The van der Waals surface area contributed by atoms with Gasteiger partial charge in [-0.05, 0) is 42.8 Å². The molecule has 140 valence electrons. The normalized spacial score (nSPS) is 12.1. The fourth-order valence-corrected chi connectivity index (χ4v) is 4.63. The number of hydrogen-bond acceptors (Lipinski definition) is 5. The number of amides is 1. The third-order valence-corrected chi connectivity index (χ3v) is 6.33. The Labute approximate surface area is 169 Å². The largest absolute Gasteiger partial charge is 0.325 e. The Balaban J connectivity index is 1.54. The number of nitrogens with zero attached hydrogens (tertiary/aromatic N) is 2. The number of benzene rings is 2. The van der Waals surface area contributed by atoms with Gasteiger partial charge in [-0.25, -0.2) is 14.4 Å². The van der Waals surface area contributed by atoms with Gasteiger partial charge in [0, 0.05) is 16.0 Å². The van der Waals surface area contributed by atoms with Gasteiger partial charge in [0.25, 0.3) is 0 Å². The predicted molar refractivity (Wildman–Crippen MR) is 113 cm³/mol. The van der Waals surface area contributed by atoms with Crippen molar-refractivity contribution in [2.45, 2.75) is 17.2 Å². The van der Waals surface area contributed by atoms with Gasteiger partial charge in [-0.1, -0.05) is 42.1 Å². The molecule has 2 aromatic heterocycles. The number of nitrogens with one attached hydrogen (secondary N) is 1. The maximum absolute atomic E-state index is 13.0. The van der Waals surface area contributed by atoms with Crippen LogP contribution in [-0.4, -0.2) is 21.1 Å². The van der Waals surface area contributed by atoms with Crippen LogP contribution in [0.1, 0.15) is 6.92 Å². The van der Waals surface area contributed by atoms with Crippen molar-refractivity contribution in [1.82, 2.24) is 9.97 Å². The highest BCUT2D eigenvalue weighted by atomic mass is 32.2. The fourth-order valence-electron chi connectivity index (χ4n) is 2.67. The van der Waals surface area contributed by atoms with Crippen LogP contribution < -0.4 is 5.32 Å². The maximum atomic E-state index is 13.0. The van der Waals surface area contributed by atoms with Gasteiger partial charge in [-0.2, -0.15) is 0 Å². The number of carbonyl (C=O) groups excluding carboxylic acids is 1. The van der Waals surface area contributed by atoms with Gasteiger partial charge in [-0.15, -0.1) is 11.3 Å². The van der Waals surface area contributed by atoms with Crippen molar-refractivity contribution in [2.75, 3.05) is 5.32 Å². The molecule has 0 radical (unpaired) electrons. The summed E-state index contributed by atoms with van der Waals surface area (Å²) in [4.78, 5) is 23.3. The first-order chi connectivity index (χ1) is 13.6. The number of anilines is 1. The summed E-state index contributed by atoms with van der Waals surface area (Å²) in [5, 5.41) is 4.14. The second-order valence-electron chi connectivity index (χ2n) is 6.13. The minimum atomic E-state index is -0.372. The zero-order chi connectivity index (χ0) is 19.5. The highest BCUT2D eigenvalue weighted by Crippen LogP contribution is 2.37. The Hall–Kier alpha value is -2.77. The van der Waals surface area contributed by atoms with Gasteiger partial charge < -0.3 is 5.32 Å². The molecule has 0 fully saturated rings. The summed E-state index contributed by atoms with van der Waals surface area (Å²) in [5.41, 5.74) is 1.69. The third-order valence-electron chi connectivity index (χ3n) is 4.12. The predicted octanol–water partition coefficient (Wildman–Crippen LogP) is 5.62. The van der Waals surface area contributed by atoms with Crippen LogP contribution in [-0.2, 0) is 4.79 Å². The van der Waals surface area contributed by atoms with Crippen LogP contribution in [0.3, 0.4) is 0 Å². The molecule has 4 rings (SSSR count). The number of aromatic nitrogens is 2.